The van der Waals surface area contributed by atoms with Crippen LogP contribution in [0.5, 0.6) is 23.0 Å². The number of aromatic hydroxyl groups is 2. The Morgan fingerprint density at radius 2 is 0.907 bits per heavy atom. The van der Waals surface area contributed by atoms with Crippen LogP contribution in [0.1, 0.15) is 44.5 Å². The van der Waals surface area contributed by atoms with Crippen molar-refractivity contribution in [2.24, 2.45) is 0 Å². The molecule has 1 aliphatic carbocycles. The van der Waals surface area contributed by atoms with Crippen LogP contribution in [0.2, 0.25) is 0 Å². The molecule has 282 valence electrons. The lowest BCUT2D eigenvalue weighted by Crippen LogP contribution is -2.13. The number of ether oxygens (including phenoxy) is 1. The van der Waals surface area contributed by atoms with Crippen molar-refractivity contribution in [3.63, 3.8) is 0 Å². The van der Waals surface area contributed by atoms with Gasteiger partial charge >= 0.3 is 5.97 Å². The molecule has 0 saturated heterocycles. The summed E-state index contributed by atoms with van der Waals surface area (Å²) in [6, 6.07) is 16.3. The minimum Gasteiger partial charge on any atom is -0.872 e. The number of hydrogen-bond donors (Lipinski definition) is 3. The predicted octanol–water partition coefficient (Wildman–Crippen LogP) is 2.69. The largest absolute Gasteiger partial charge is 0.872 e. The first-order valence-corrected chi connectivity index (χ1v) is 19.9. The summed E-state index contributed by atoms with van der Waals surface area (Å²) in [4.78, 5) is 9.11. The number of phenolic OH excluding ortho intramolecular Hbond substituents is 2. The van der Waals surface area contributed by atoms with E-state index in [9.17, 15) is 64.1 Å². The molecule has 6 rings (SSSR count). The van der Waals surface area contributed by atoms with E-state index in [0.717, 1.165) is 24.3 Å². The van der Waals surface area contributed by atoms with Gasteiger partial charge in [-0.1, -0.05) is 30.3 Å². The summed E-state index contributed by atoms with van der Waals surface area (Å²) in [5, 5.41) is 46.4. The van der Waals surface area contributed by atoms with Gasteiger partial charge in [-0.25, -0.2) is 30.0 Å². The van der Waals surface area contributed by atoms with Crippen molar-refractivity contribution in [3.05, 3.63) is 123 Å². The normalized spacial score (nSPS) is 13.3. The maximum atomic E-state index is 13.8. The van der Waals surface area contributed by atoms with Gasteiger partial charge in [-0.15, -0.1) is 5.75 Å². The molecule has 0 atom stereocenters. The molecule has 8 bridgehead atoms. The molecule has 18 heteroatoms. The summed E-state index contributed by atoms with van der Waals surface area (Å²) < 4.78 is 117. The Morgan fingerprint density at radius 3 is 1.26 bits per heavy atom. The fraction of sp³-hybridized carbons (Fsp3) is 0.139. The molecule has 5 aromatic rings. The van der Waals surface area contributed by atoms with Crippen LogP contribution in [0.15, 0.2) is 93.5 Å². The van der Waals surface area contributed by atoms with Crippen LogP contribution < -0.4 is 9.84 Å². The number of benzene rings is 5. The number of aliphatic carboxylic acids is 1. The Bertz CT molecular complexity index is 2550. The van der Waals surface area contributed by atoms with Crippen molar-refractivity contribution in [1.29, 1.82) is 0 Å². The van der Waals surface area contributed by atoms with E-state index in [1.165, 1.54) is 12.1 Å². The summed E-state index contributed by atoms with van der Waals surface area (Å²) in [7, 11) is -15.8. The van der Waals surface area contributed by atoms with Crippen molar-refractivity contribution in [2.75, 3.05) is 6.61 Å². The molecular formula is C36H26O15S3-4. The van der Waals surface area contributed by atoms with Gasteiger partial charge in [-0.3, -0.25) is 0 Å². The van der Waals surface area contributed by atoms with E-state index in [1.54, 1.807) is 30.3 Å². The number of hydrogen-bond acceptors (Lipinski definition) is 14. The maximum Gasteiger partial charge on any atom is 0.341 e. The summed E-state index contributed by atoms with van der Waals surface area (Å²) in [6.07, 6.45) is -2.38. The Morgan fingerprint density at radius 1 is 0.556 bits per heavy atom. The van der Waals surface area contributed by atoms with Crippen LogP contribution >= 0.6 is 0 Å². The summed E-state index contributed by atoms with van der Waals surface area (Å²) in [5.41, 5.74) is -0.814. The minimum absolute atomic E-state index is 0.111. The third-order valence-electron chi connectivity index (χ3n) is 8.78. The number of carboxylic acids is 1. The molecular weight excluding hydrogens is 769 g/mol. The molecule has 0 heterocycles. The van der Waals surface area contributed by atoms with E-state index in [1.807, 2.05) is 0 Å². The van der Waals surface area contributed by atoms with E-state index >= 15 is 0 Å². The van der Waals surface area contributed by atoms with E-state index < -0.39 is 112 Å². The summed E-state index contributed by atoms with van der Waals surface area (Å²) >= 11 is 0. The molecule has 5 aromatic carbocycles. The van der Waals surface area contributed by atoms with Crippen molar-refractivity contribution in [3.8, 4) is 34.1 Å². The lowest BCUT2D eigenvalue weighted by Gasteiger charge is -2.25. The van der Waals surface area contributed by atoms with Gasteiger partial charge in [0, 0.05) is 25.7 Å². The molecule has 0 aromatic heterocycles. The second kappa shape index (κ2) is 14.0. The van der Waals surface area contributed by atoms with Gasteiger partial charge in [0.2, 0.25) is 0 Å². The zero-order chi connectivity index (χ0) is 39.3. The number of phenols is 2. The zero-order valence-electron chi connectivity index (χ0n) is 27.5. The first-order valence-electron chi connectivity index (χ1n) is 15.6. The number of carbonyl (C=O) groups is 1. The molecule has 0 radical (unpaired) electrons. The van der Waals surface area contributed by atoms with Crippen LogP contribution in [0.25, 0.3) is 11.1 Å². The molecule has 0 saturated carbocycles. The molecule has 0 aliphatic heterocycles. The van der Waals surface area contributed by atoms with Gasteiger partial charge in [0.05, 0.1) is 14.7 Å². The van der Waals surface area contributed by atoms with Gasteiger partial charge < -0.3 is 38.8 Å². The second-order valence-electron chi connectivity index (χ2n) is 12.5. The van der Waals surface area contributed by atoms with Crippen molar-refractivity contribution in [1.82, 2.24) is 0 Å². The highest BCUT2D eigenvalue weighted by atomic mass is 32.2. The molecule has 15 nitrogen and oxygen atoms in total. The van der Waals surface area contributed by atoms with Crippen LogP contribution in [0.3, 0.4) is 0 Å². The zero-order valence-corrected chi connectivity index (χ0v) is 30.0. The van der Waals surface area contributed by atoms with Crippen molar-refractivity contribution < 1.29 is 68.9 Å². The molecule has 54 heavy (non-hydrogen) atoms. The van der Waals surface area contributed by atoms with Crippen LogP contribution in [-0.2, 0) is 60.8 Å². The third kappa shape index (κ3) is 8.03. The van der Waals surface area contributed by atoms with E-state index in [4.69, 9.17) is 4.74 Å². The minimum atomic E-state index is -5.29. The lowest BCUT2D eigenvalue weighted by molar-refractivity contribution is -0.270. The number of rotatable bonds is 7. The van der Waals surface area contributed by atoms with E-state index in [2.05, 4.69) is 0 Å². The monoisotopic (exact) mass is 794 g/mol. The van der Waals surface area contributed by atoms with Crippen molar-refractivity contribution in [2.45, 2.75) is 40.4 Å². The van der Waals surface area contributed by atoms with Crippen LogP contribution in [0, 0.1) is 0 Å². The highest BCUT2D eigenvalue weighted by Crippen LogP contribution is 2.41. The predicted molar refractivity (Wildman–Crippen MR) is 182 cm³/mol. The topological polar surface area (TPSA) is 282 Å². The third-order valence-corrected chi connectivity index (χ3v) is 11.2. The Hall–Kier alpha value is -5.50. The van der Waals surface area contributed by atoms with Gasteiger partial charge in [0.25, 0.3) is 0 Å². The highest BCUT2D eigenvalue weighted by Gasteiger charge is 2.24. The maximum absolute atomic E-state index is 13.8. The highest BCUT2D eigenvalue weighted by molar-refractivity contribution is 7.86. The first kappa shape index (κ1) is 38.2. The quantitative estimate of drug-likeness (QED) is 0.196. The van der Waals surface area contributed by atoms with E-state index in [-0.39, 0.29) is 39.1 Å². The SMILES string of the molecule is O=C(O)COc1c2cc(-c3ccccc3)cc1Cc1cc(S(=O)(=O)[O-])cc(c1O)Cc1cc(S(=O)(=O)[O-])cc(c1[O-])Cc1cc(S(=O)(=O)[O-])cc(c1O)C2. The molecule has 0 fully saturated rings. The van der Waals surface area contributed by atoms with Gasteiger partial charge in [0.1, 0.15) is 47.6 Å². The fourth-order valence-electron chi connectivity index (χ4n) is 6.37. The Balaban J connectivity index is 1.75. The van der Waals surface area contributed by atoms with Gasteiger partial charge in [0.15, 0.2) is 6.61 Å². The Kier molecular flexibility index (Phi) is 9.95. The first-order chi connectivity index (χ1) is 25.2. The average molecular weight is 795 g/mol. The average Bonchev–Trinajstić information content (AvgIpc) is 3.07. The number of fused-ring (bicyclic) bond motifs is 8. The number of carboxylic acid groups (broad SMARTS) is 1. The standard InChI is InChI=1S/C36H30O15S3/c37-32(38)18-51-36-27-6-20(19-4-2-1-3-5-19)7-28(36)11-26-17-31(54(48,49)50)15-24(35(26)41)9-22-13-29(52(42,43)44)12-21(33(22)39)8-23-14-30(53(45,46)47)16-25(10-27)34(23)40/h1-7,12-17,39-41H,8-11,18H2,(H,37,38)(H,42,43,44)(H,45,46,47)(H,48,49,50)/p-4. The molecule has 0 unspecified atom stereocenters. The molecule has 0 spiro atoms. The van der Waals surface area contributed by atoms with Crippen LogP contribution in [-0.4, -0.2) is 66.8 Å². The summed E-state index contributed by atoms with van der Waals surface area (Å²) in [6.45, 7) is -0.922. The van der Waals surface area contributed by atoms with Gasteiger partial charge in [-0.05, 0) is 104 Å². The smallest absolute Gasteiger partial charge is 0.341 e. The lowest BCUT2D eigenvalue weighted by atomic mass is 9.89. The second-order valence-corrected chi connectivity index (χ2v) is 16.6. The fourth-order valence-corrected chi connectivity index (χ4v) is 8.09. The Labute approximate surface area is 308 Å². The van der Waals surface area contributed by atoms with E-state index in [0.29, 0.717) is 23.3 Å². The van der Waals surface area contributed by atoms with Crippen molar-refractivity contribution >= 4 is 36.3 Å². The summed E-state index contributed by atoms with van der Waals surface area (Å²) in [5.74, 6) is -3.77. The van der Waals surface area contributed by atoms with Gasteiger partial charge in [-0.2, -0.15) is 0 Å². The molecule has 1 aliphatic rings. The molecule has 0 amide bonds. The van der Waals surface area contributed by atoms with Crippen LogP contribution in [0.4, 0.5) is 0 Å². The molecule has 3 N–H and O–H groups in total.